The number of ether oxygens (including phenoxy) is 3. The second kappa shape index (κ2) is 8.25. The monoisotopic (exact) mass is 428 g/mol. The number of halogens is 1. The normalized spacial score (nSPS) is 21.7. The van der Waals surface area contributed by atoms with E-state index in [1.165, 1.54) is 0 Å². The third-order valence-corrected chi connectivity index (χ3v) is 9.64. The van der Waals surface area contributed by atoms with Crippen molar-refractivity contribution in [3.8, 4) is 5.75 Å². The molecule has 0 spiro atoms. The fourth-order valence-corrected chi connectivity index (χ4v) is 3.50. The van der Waals surface area contributed by atoms with E-state index in [9.17, 15) is 0 Å². The number of hydrogen-bond acceptors (Lipinski definition) is 4. The van der Waals surface area contributed by atoms with Crippen LogP contribution in [0.25, 0.3) is 0 Å². The summed E-state index contributed by atoms with van der Waals surface area (Å²) in [4.78, 5) is 0. The van der Waals surface area contributed by atoms with Crippen LogP contribution in [0.4, 0.5) is 0 Å². The lowest BCUT2D eigenvalue weighted by atomic mass is 10.2. The van der Waals surface area contributed by atoms with E-state index in [0.29, 0.717) is 25.6 Å². The van der Waals surface area contributed by atoms with Crippen molar-refractivity contribution < 1.29 is 18.6 Å². The zero-order valence-electron chi connectivity index (χ0n) is 15.8. The topological polar surface area (TPSA) is 36.9 Å². The van der Waals surface area contributed by atoms with Crippen LogP contribution in [0.3, 0.4) is 0 Å². The van der Waals surface area contributed by atoms with E-state index in [4.69, 9.17) is 18.6 Å². The highest BCUT2D eigenvalue weighted by Gasteiger charge is 2.40. The van der Waals surface area contributed by atoms with Crippen LogP contribution in [0, 0.1) is 0 Å². The molecule has 1 fully saturated rings. The molecule has 0 saturated carbocycles. The summed E-state index contributed by atoms with van der Waals surface area (Å²) in [6.07, 6.45) is -0.386. The zero-order valence-corrected chi connectivity index (χ0v) is 18.4. The van der Waals surface area contributed by atoms with Crippen LogP contribution in [0.15, 0.2) is 41.1 Å². The lowest BCUT2D eigenvalue weighted by Gasteiger charge is -2.40. The van der Waals surface area contributed by atoms with E-state index in [2.05, 4.69) is 56.4 Å². The number of hydrogen-bond donors (Lipinski definition) is 0. The van der Waals surface area contributed by atoms with E-state index in [1.807, 2.05) is 24.3 Å². The van der Waals surface area contributed by atoms with Gasteiger partial charge in [-0.25, -0.2) is 0 Å². The fraction of sp³-hybridized carbons (Fsp3) is 0.579. The Balaban J connectivity index is 1.87. The van der Waals surface area contributed by atoms with Crippen molar-refractivity contribution in [3.63, 3.8) is 0 Å². The molecule has 0 aromatic heterocycles. The van der Waals surface area contributed by atoms with Gasteiger partial charge in [0.1, 0.15) is 30.3 Å². The van der Waals surface area contributed by atoms with E-state index < -0.39 is 8.32 Å². The average molecular weight is 429 g/mol. The maximum Gasteiger partial charge on any atom is 0.250 e. The van der Waals surface area contributed by atoms with Gasteiger partial charge < -0.3 is 18.6 Å². The quantitative estimate of drug-likeness (QED) is 0.463. The van der Waals surface area contributed by atoms with Gasteiger partial charge in [0.25, 0.3) is 0 Å². The molecule has 0 radical (unpaired) electrons. The minimum atomic E-state index is -1.92. The van der Waals surface area contributed by atoms with Gasteiger partial charge in [0.15, 0.2) is 0 Å². The predicted octanol–water partition coefficient (Wildman–Crippen LogP) is 5.15. The highest BCUT2D eigenvalue weighted by molar-refractivity contribution is 9.10. The molecule has 4 nitrogen and oxygen atoms in total. The van der Waals surface area contributed by atoms with Crippen molar-refractivity contribution >= 4 is 24.2 Å². The van der Waals surface area contributed by atoms with E-state index in [-0.39, 0.29) is 17.2 Å². The Morgan fingerprint density at radius 3 is 2.48 bits per heavy atom. The van der Waals surface area contributed by atoms with Gasteiger partial charge in [0, 0.05) is 4.47 Å². The molecule has 1 aromatic rings. The molecular weight excluding hydrogens is 400 g/mol. The second-order valence-corrected chi connectivity index (χ2v) is 13.5. The molecule has 0 N–H and O–H groups in total. The van der Waals surface area contributed by atoms with E-state index in [1.54, 1.807) is 0 Å². The van der Waals surface area contributed by atoms with Gasteiger partial charge in [-0.15, -0.1) is 0 Å². The lowest BCUT2D eigenvalue weighted by molar-refractivity contribution is -0.142. The molecule has 2 unspecified atom stereocenters. The van der Waals surface area contributed by atoms with Gasteiger partial charge in [-0.2, -0.15) is 0 Å². The highest BCUT2D eigenvalue weighted by atomic mass is 79.9. The SMILES string of the molecule is C=C(O[Si](C)(C)C(C)(C)C)C1COCC(COc2ccc(Br)cc2)O1. The van der Waals surface area contributed by atoms with Crippen molar-refractivity contribution in [3.05, 3.63) is 41.1 Å². The smallest absolute Gasteiger partial charge is 0.250 e. The molecule has 6 heteroatoms. The Bertz CT molecular complexity index is 580. The molecule has 0 bridgehead atoms. The standard InChI is InChI=1S/C19H29BrO4Si/c1-14(24-25(5,6)19(2,3)4)18-13-21-11-17(23-18)12-22-16-9-7-15(20)8-10-16/h7-10,17-18H,1,11-13H2,2-6H3. The molecule has 1 aromatic carbocycles. The van der Waals surface area contributed by atoms with Gasteiger partial charge in [-0.3, -0.25) is 0 Å². The molecule has 2 rings (SSSR count). The maximum atomic E-state index is 6.26. The molecule has 2 atom stereocenters. The Kier molecular flexibility index (Phi) is 6.76. The Morgan fingerprint density at radius 1 is 1.24 bits per heavy atom. The summed E-state index contributed by atoms with van der Waals surface area (Å²) in [5.41, 5.74) is 0. The Morgan fingerprint density at radius 2 is 1.88 bits per heavy atom. The predicted molar refractivity (Wildman–Crippen MR) is 107 cm³/mol. The first kappa shape index (κ1) is 20.5. The van der Waals surface area contributed by atoms with Crippen LogP contribution in [0.1, 0.15) is 20.8 Å². The van der Waals surface area contributed by atoms with Crippen LogP contribution in [-0.2, 0) is 13.9 Å². The minimum Gasteiger partial charge on any atom is -0.545 e. The first-order chi connectivity index (χ1) is 11.6. The van der Waals surface area contributed by atoms with Gasteiger partial charge in [-0.1, -0.05) is 43.3 Å². The number of benzene rings is 1. The average Bonchev–Trinajstić information content (AvgIpc) is 2.53. The van der Waals surface area contributed by atoms with Crippen LogP contribution in [0.2, 0.25) is 18.1 Å². The zero-order chi connectivity index (χ0) is 18.7. The summed E-state index contributed by atoms with van der Waals surface area (Å²) in [5, 5.41) is 0.121. The fourth-order valence-electron chi connectivity index (χ4n) is 2.14. The third kappa shape index (κ3) is 5.84. The van der Waals surface area contributed by atoms with Gasteiger partial charge in [0.2, 0.25) is 8.32 Å². The summed E-state index contributed by atoms with van der Waals surface area (Å²) < 4.78 is 24.9. The van der Waals surface area contributed by atoms with Crippen LogP contribution in [0.5, 0.6) is 5.75 Å². The van der Waals surface area contributed by atoms with Crippen LogP contribution in [-0.4, -0.2) is 40.3 Å². The molecule has 1 heterocycles. The van der Waals surface area contributed by atoms with Crippen molar-refractivity contribution in [2.24, 2.45) is 0 Å². The molecule has 1 aliphatic heterocycles. The lowest BCUT2D eigenvalue weighted by Crippen LogP contribution is -2.45. The molecule has 140 valence electrons. The molecule has 25 heavy (non-hydrogen) atoms. The first-order valence-electron chi connectivity index (χ1n) is 8.58. The number of rotatable bonds is 6. The van der Waals surface area contributed by atoms with Gasteiger partial charge in [0.05, 0.1) is 13.2 Å². The second-order valence-electron chi connectivity index (χ2n) is 7.88. The summed E-state index contributed by atoms with van der Waals surface area (Å²) in [6.45, 7) is 16.6. The third-order valence-electron chi connectivity index (χ3n) is 4.73. The van der Waals surface area contributed by atoms with Crippen molar-refractivity contribution in [2.75, 3.05) is 19.8 Å². The van der Waals surface area contributed by atoms with E-state index >= 15 is 0 Å². The van der Waals surface area contributed by atoms with Crippen molar-refractivity contribution in [1.82, 2.24) is 0 Å². The highest BCUT2D eigenvalue weighted by Crippen LogP contribution is 2.38. The molecule has 0 amide bonds. The molecule has 0 aliphatic carbocycles. The van der Waals surface area contributed by atoms with Crippen molar-refractivity contribution in [2.45, 2.75) is 51.1 Å². The molecule has 1 saturated heterocycles. The van der Waals surface area contributed by atoms with Crippen LogP contribution >= 0.6 is 15.9 Å². The largest absolute Gasteiger partial charge is 0.545 e. The Labute approximate surface area is 160 Å². The minimum absolute atomic E-state index is 0.121. The first-order valence-corrected chi connectivity index (χ1v) is 12.3. The van der Waals surface area contributed by atoms with E-state index in [0.717, 1.165) is 10.2 Å². The summed E-state index contributed by atoms with van der Waals surface area (Å²) in [5.74, 6) is 1.48. The maximum absolute atomic E-state index is 6.26. The summed E-state index contributed by atoms with van der Waals surface area (Å²) in [6, 6.07) is 7.74. The van der Waals surface area contributed by atoms with Gasteiger partial charge >= 0.3 is 0 Å². The summed E-state index contributed by atoms with van der Waals surface area (Å²) >= 11 is 3.41. The Hall–Kier alpha value is -0.823. The van der Waals surface area contributed by atoms with Gasteiger partial charge in [-0.05, 0) is 42.4 Å². The van der Waals surface area contributed by atoms with Crippen LogP contribution < -0.4 is 4.74 Å². The summed E-state index contributed by atoms with van der Waals surface area (Å²) in [7, 11) is -1.92. The molecule has 1 aliphatic rings. The van der Waals surface area contributed by atoms with Crippen molar-refractivity contribution in [1.29, 1.82) is 0 Å². The molecular formula is C19H29BrO4Si.